The molecule has 1 unspecified atom stereocenters. The van der Waals surface area contributed by atoms with Gasteiger partial charge in [0, 0.05) is 33.6 Å². The molecule has 0 saturated carbocycles. The quantitative estimate of drug-likeness (QED) is 0.569. The molecule has 174 valence electrons. The molecule has 13 heteroatoms. The van der Waals surface area contributed by atoms with E-state index in [0.717, 1.165) is 29.8 Å². The third kappa shape index (κ3) is 4.33. The van der Waals surface area contributed by atoms with Crippen LogP contribution in [-0.4, -0.2) is 64.4 Å². The Balaban J connectivity index is 0.000000360. The van der Waals surface area contributed by atoms with Crippen molar-refractivity contribution in [3.63, 3.8) is 0 Å². The van der Waals surface area contributed by atoms with E-state index in [1.54, 1.807) is 11.6 Å². The average Bonchev–Trinajstić information content (AvgIpc) is 2.91. The number of alkyl halides is 3. The number of imide groups is 1. The highest BCUT2D eigenvalue weighted by Gasteiger charge is 2.38. The molecule has 3 heterocycles. The number of para-hydroxylation sites is 1. The molecular weight excluding hydrogens is 435 g/mol. The van der Waals surface area contributed by atoms with Crippen LogP contribution in [-0.2, 0) is 21.4 Å². The first-order chi connectivity index (χ1) is 14.9. The van der Waals surface area contributed by atoms with E-state index in [4.69, 9.17) is 9.90 Å². The van der Waals surface area contributed by atoms with Gasteiger partial charge >= 0.3 is 17.8 Å². The molecule has 2 amide bonds. The van der Waals surface area contributed by atoms with Gasteiger partial charge in [-0.3, -0.25) is 24.0 Å². The molecule has 10 nitrogen and oxygen atoms in total. The van der Waals surface area contributed by atoms with Crippen LogP contribution in [0.5, 0.6) is 0 Å². The van der Waals surface area contributed by atoms with E-state index >= 15 is 0 Å². The number of carbonyl (C=O) groups excluding carboxylic acids is 2. The van der Waals surface area contributed by atoms with E-state index < -0.39 is 24.1 Å². The molecule has 2 fully saturated rings. The lowest BCUT2D eigenvalue weighted by molar-refractivity contribution is -0.192. The molecule has 32 heavy (non-hydrogen) atoms. The predicted octanol–water partition coefficient (Wildman–Crippen LogP) is 0.359. The van der Waals surface area contributed by atoms with Crippen LogP contribution in [0.25, 0.3) is 11.0 Å². The van der Waals surface area contributed by atoms with Crippen molar-refractivity contribution in [2.24, 2.45) is 7.05 Å². The summed E-state index contributed by atoms with van der Waals surface area (Å²) >= 11 is 0. The number of nitrogens with zero attached hydrogens (tertiary/aromatic N) is 3. The van der Waals surface area contributed by atoms with Gasteiger partial charge in [0.1, 0.15) is 6.04 Å². The lowest BCUT2D eigenvalue weighted by Crippen LogP contribution is -2.56. The van der Waals surface area contributed by atoms with Crippen molar-refractivity contribution in [3.8, 4) is 0 Å². The van der Waals surface area contributed by atoms with Gasteiger partial charge in [-0.1, -0.05) is 6.07 Å². The molecule has 3 N–H and O–H groups in total. The molecule has 2 aliphatic heterocycles. The smallest absolute Gasteiger partial charge is 0.475 e. The summed E-state index contributed by atoms with van der Waals surface area (Å²) in [7, 11) is 3.75. The third-order valence-corrected chi connectivity index (χ3v) is 5.53. The topological polar surface area (TPSA) is 126 Å². The molecule has 2 saturated heterocycles. The number of carboxylic acids is 1. The number of hydrogen-bond donors (Lipinski definition) is 3. The number of carboxylic acid groups (broad SMARTS) is 1. The normalized spacial score (nSPS) is 19.1. The fraction of sp³-hybridized carbons (Fsp3) is 0.474. The monoisotopic (exact) mass is 457 g/mol. The number of piperidine rings is 1. The standard InChI is InChI=1S/C17H21N5O3.C2HF3O2/c1-20(10-8-18-9-10)11-4-3-5-12-15(11)21(2)17(25)22(12)13-6-7-14(23)19-16(13)24;3-2(4,5)1(6)7/h3-5,10,13,18H,6-9H2,1-2H3,(H,19,23,24);(H,6,7). The molecule has 1 aromatic carbocycles. The fourth-order valence-corrected chi connectivity index (χ4v) is 3.68. The molecule has 0 bridgehead atoms. The van der Waals surface area contributed by atoms with Crippen molar-refractivity contribution >= 4 is 34.5 Å². The largest absolute Gasteiger partial charge is 0.490 e. The Kier molecular flexibility index (Phi) is 6.30. The summed E-state index contributed by atoms with van der Waals surface area (Å²) < 4.78 is 34.9. The van der Waals surface area contributed by atoms with Crippen molar-refractivity contribution in [2.75, 3.05) is 25.0 Å². The number of anilines is 1. The van der Waals surface area contributed by atoms with Crippen LogP contribution in [0.4, 0.5) is 18.9 Å². The number of nitrogens with one attached hydrogen (secondary N) is 2. The van der Waals surface area contributed by atoms with Gasteiger partial charge < -0.3 is 15.3 Å². The maximum atomic E-state index is 12.9. The third-order valence-electron chi connectivity index (χ3n) is 5.53. The molecule has 0 aliphatic carbocycles. The summed E-state index contributed by atoms with van der Waals surface area (Å²) in [6, 6.07) is 5.49. The molecule has 4 rings (SSSR count). The first-order valence-electron chi connectivity index (χ1n) is 9.70. The second kappa shape index (κ2) is 8.65. The van der Waals surface area contributed by atoms with E-state index in [2.05, 4.69) is 15.5 Å². The van der Waals surface area contributed by atoms with Crippen molar-refractivity contribution in [2.45, 2.75) is 31.1 Å². The Hall–Kier alpha value is -3.35. The van der Waals surface area contributed by atoms with Crippen LogP contribution in [0.2, 0.25) is 0 Å². The maximum Gasteiger partial charge on any atom is 0.490 e. The Labute approximate surface area is 179 Å². The summed E-state index contributed by atoms with van der Waals surface area (Å²) in [4.78, 5) is 47.6. The van der Waals surface area contributed by atoms with Crippen molar-refractivity contribution < 1.29 is 32.7 Å². The zero-order chi connectivity index (χ0) is 23.8. The number of fused-ring (bicyclic) bond motifs is 1. The van der Waals surface area contributed by atoms with Crippen LogP contribution in [0.15, 0.2) is 23.0 Å². The summed E-state index contributed by atoms with van der Waals surface area (Å²) in [5.74, 6) is -3.45. The minimum Gasteiger partial charge on any atom is -0.475 e. The number of aliphatic carboxylic acids is 1. The van der Waals surface area contributed by atoms with Crippen LogP contribution in [0.3, 0.4) is 0 Å². The lowest BCUT2D eigenvalue weighted by Gasteiger charge is -2.37. The number of carbonyl (C=O) groups is 3. The number of amides is 2. The van der Waals surface area contributed by atoms with Gasteiger partial charge in [-0.25, -0.2) is 9.59 Å². The second-order valence-corrected chi connectivity index (χ2v) is 7.55. The Bertz CT molecular complexity index is 1120. The molecule has 0 radical (unpaired) electrons. The van der Waals surface area contributed by atoms with Gasteiger partial charge in [-0.2, -0.15) is 13.2 Å². The van der Waals surface area contributed by atoms with E-state index in [1.807, 2.05) is 25.2 Å². The van der Waals surface area contributed by atoms with E-state index in [-0.39, 0.29) is 18.0 Å². The van der Waals surface area contributed by atoms with Crippen molar-refractivity contribution in [3.05, 3.63) is 28.7 Å². The first-order valence-corrected chi connectivity index (χ1v) is 9.70. The summed E-state index contributed by atoms with van der Waals surface area (Å²) in [6.45, 7) is 1.82. The number of rotatable bonds is 3. The van der Waals surface area contributed by atoms with Crippen molar-refractivity contribution in [1.82, 2.24) is 19.8 Å². The zero-order valence-corrected chi connectivity index (χ0v) is 17.3. The summed E-state index contributed by atoms with van der Waals surface area (Å²) in [5.41, 5.74) is 2.26. The zero-order valence-electron chi connectivity index (χ0n) is 17.3. The van der Waals surface area contributed by atoms with E-state index in [9.17, 15) is 27.6 Å². The lowest BCUT2D eigenvalue weighted by atomic mass is 10.1. The highest BCUT2D eigenvalue weighted by atomic mass is 19.4. The van der Waals surface area contributed by atoms with Gasteiger partial charge in [-0.05, 0) is 18.6 Å². The van der Waals surface area contributed by atoms with Crippen LogP contribution in [0.1, 0.15) is 18.9 Å². The first kappa shape index (κ1) is 23.3. The van der Waals surface area contributed by atoms with Crippen LogP contribution < -0.4 is 21.2 Å². The number of aromatic nitrogens is 2. The minimum absolute atomic E-state index is 0.239. The number of imidazole rings is 1. The summed E-state index contributed by atoms with van der Waals surface area (Å²) in [6.07, 6.45) is -4.50. The average molecular weight is 457 g/mol. The number of likely N-dealkylation sites (N-methyl/N-ethyl adjacent to an activating group) is 1. The summed E-state index contributed by atoms with van der Waals surface area (Å²) in [5, 5.41) is 12.7. The number of hydrogen-bond acceptors (Lipinski definition) is 6. The predicted molar refractivity (Wildman–Crippen MR) is 107 cm³/mol. The molecule has 2 aliphatic rings. The van der Waals surface area contributed by atoms with Crippen molar-refractivity contribution in [1.29, 1.82) is 0 Å². The number of halogens is 3. The Morgan fingerprint density at radius 3 is 2.34 bits per heavy atom. The van der Waals surface area contributed by atoms with Gasteiger partial charge in [0.25, 0.3) is 0 Å². The van der Waals surface area contributed by atoms with Gasteiger partial charge in [-0.15, -0.1) is 0 Å². The van der Waals surface area contributed by atoms with Gasteiger partial charge in [0.2, 0.25) is 11.8 Å². The molecule has 2 aromatic rings. The SMILES string of the molecule is CN(c1cccc2c1n(C)c(=O)n2C1CCC(=O)NC1=O)C1CNC1.O=C(O)C(F)(F)F. The molecular formula is C19H22F3N5O5. The van der Waals surface area contributed by atoms with Gasteiger partial charge in [0.15, 0.2) is 0 Å². The van der Waals surface area contributed by atoms with Gasteiger partial charge in [0.05, 0.1) is 22.8 Å². The van der Waals surface area contributed by atoms with Crippen LogP contribution in [0, 0.1) is 0 Å². The Morgan fingerprint density at radius 1 is 1.22 bits per heavy atom. The molecule has 1 aromatic heterocycles. The molecule has 1 atom stereocenters. The number of aryl methyl sites for hydroxylation is 1. The number of benzene rings is 1. The minimum atomic E-state index is -5.08. The van der Waals surface area contributed by atoms with E-state index in [0.29, 0.717) is 12.5 Å². The van der Waals surface area contributed by atoms with Crippen LogP contribution >= 0.6 is 0 Å². The maximum absolute atomic E-state index is 12.9. The van der Waals surface area contributed by atoms with E-state index in [1.165, 1.54) is 4.57 Å². The highest BCUT2D eigenvalue weighted by Crippen LogP contribution is 2.30. The molecule has 0 spiro atoms. The fourth-order valence-electron chi connectivity index (χ4n) is 3.68. The second-order valence-electron chi connectivity index (χ2n) is 7.55. The highest BCUT2D eigenvalue weighted by molar-refractivity contribution is 6.00. The Morgan fingerprint density at radius 2 is 1.84 bits per heavy atom.